The average molecular weight is 391 g/mol. The predicted molar refractivity (Wildman–Crippen MR) is 116 cm³/mol. The van der Waals surface area contributed by atoms with Crippen LogP contribution in [0, 0.1) is 11.8 Å². The molecule has 152 valence electrons. The highest BCUT2D eigenvalue weighted by atomic mass is 16.5. The van der Waals surface area contributed by atoms with Crippen molar-refractivity contribution in [2.45, 2.75) is 30.8 Å². The Labute approximate surface area is 174 Å². The first-order valence-corrected chi connectivity index (χ1v) is 10.5. The van der Waals surface area contributed by atoms with Gasteiger partial charge in [-0.25, -0.2) is 0 Å². The molecule has 0 saturated carbocycles. The van der Waals surface area contributed by atoms with Crippen LogP contribution >= 0.6 is 0 Å². The monoisotopic (exact) mass is 390 g/mol. The molecule has 2 aromatic rings. The molecule has 2 fully saturated rings. The van der Waals surface area contributed by atoms with E-state index in [4.69, 9.17) is 4.74 Å². The van der Waals surface area contributed by atoms with Gasteiger partial charge in [0.15, 0.2) is 0 Å². The van der Waals surface area contributed by atoms with Crippen molar-refractivity contribution in [1.82, 2.24) is 9.80 Å². The van der Waals surface area contributed by atoms with Gasteiger partial charge in [0.1, 0.15) is 5.75 Å². The molecule has 2 aromatic carbocycles. The molecular weight excluding hydrogens is 360 g/mol. The zero-order valence-corrected chi connectivity index (χ0v) is 17.3. The number of rotatable bonds is 3. The maximum Gasteiger partial charge on any atom is 0.118 e. The number of methoxy groups -OCH3 is 1. The molecule has 1 N–H and O–H groups in total. The quantitative estimate of drug-likeness (QED) is 0.818. The second kappa shape index (κ2) is 9.00. The molecular formula is C25H30N2O2. The average Bonchev–Trinajstić information content (AvgIpc) is 2.74. The van der Waals surface area contributed by atoms with Gasteiger partial charge in [0, 0.05) is 35.7 Å². The van der Waals surface area contributed by atoms with E-state index >= 15 is 0 Å². The summed E-state index contributed by atoms with van der Waals surface area (Å²) in [5, 5.41) is 10.0. The molecule has 0 aliphatic carbocycles. The van der Waals surface area contributed by atoms with Gasteiger partial charge >= 0.3 is 0 Å². The zero-order chi connectivity index (χ0) is 20.2. The highest BCUT2D eigenvalue weighted by molar-refractivity contribution is 5.45. The third kappa shape index (κ3) is 4.33. The van der Waals surface area contributed by atoms with Gasteiger partial charge in [-0.2, -0.15) is 0 Å². The number of aliphatic hydroxyl groups is 1. The van der Waals surface area contributed by atoms with Crippen LogP contribution in [0.15, 0.2) is 48.5 Å². The van der Waals surface area contributed by atoms with Crippen LogP contribution in [0.2, 0.25) is 0 Å². The van der Waals surface area contributed by atoms with Crippen LogP contribution in [0.5, 0.6) is 5.75 Å². The summed E-state index contributed by atoms with van der Waals surface area (Å²) in [5.41, 5.74) is 3.30. The Balaban J connectivity index is 1.48. The molecule has 0 amide bonds. The Morgan fingerprint density at radius 1 is 0.966 bits per heavy atom. The van der Waals surface area contributed by atoms with Crippen molar-refractivity contribution in [3.63, 3.8) is 0 Å². The maximum atomic E-state index is 10.0. The van der Waals surface area contributed by atoms with Crippen molar-refractivity contribution in [2.24, 2.45) is 0 Å². The third-order valence-corrected chi connectivity index (χ3v) is 6.31. The lowest BCUT2D eigenvalue weighted by Crippen LogP contribution is -2.67. The highest BCUT2D eigenvalue weighted by Crippen LogP contribution is 2.41. The van der Waals surface area contributed by atoms with Gasteiger partial charge in [0.2, 0.25) is 0 Å². The molecule has 0 unspecified atom stereocenters. The summed E-state index contributed by atoms with van der Waals surface area (Å²) in [6, 6.07) is 17.1. The van der Waals surface area contributed by atoms with Gasteiger partial charge in [0.05, 0.1) is 13.7 Å². The molecule has 4 heteroatoms. The van der Waals surface area contributed by atoms with E-state index in [9.17, 15) is 5.11 Å². The number of fused-ring (bicyclic) bond motifs is 1. The van der Waals surface area contributed by atoms with E-state index in [-0.39, 0.29) is 12.6 Å². The fraction of sp³-hybridized carbons (Fsp3) is 0.440. The lowest BCUT2D eigenvalue weighted by molar-refractivity contribution is -0.0614. The lowest BCUT2D eigenvalue weighted by Gasteiger charge is -2.57. The van der Waals surface area contributed by atoms with Crippen LogP contribution in [-0.2, 0) is 0 Å². The summed E-state index contributed by atoms with van der Waals surface area (Å²) in [4.78, 5) is 4.95. The lowest BCUT2D eigenvalue weighted by atomic mass is 9.74. The summed E-state index contributed by atoms with van der Waals surface area (Å²) in [6.45, 7) is 3.57. The molecule has 0 radical (unpaired) electrons. The molecule has 0 bridgehead atoms. The molecule has 4 nitrogen and oxygen atoms in total. The Morgan fingerprint density at radius 2 is 1.59 bits per heavy atom. The van der Waals surface area contributed by atoms with Crippen molar-refractivity contribution < 1.29 is 9.84 Å². The second-order valence-corrected chi connectivity index (χ2v) is 8.15. The van der Waals surface area contributed by atoms with Crippen molar-refractivity contribution in [3.8, 4) is 17.6 Å². The Hall–Kier alpha value is -2.32. The zero-order valence-electron chi connectivity index (χ0n) is 17.3. The number of likely N-dealkylation sites (N-methyl/N-ethyl adjacent to an activating group) is 1. The van der Waals surface area contributed by atoms with E-state index in [2.05, 4.69) is 53.0 Å². The van der Waals surface area contributed by atoms with Gasteiger partial charge < -0.3 is 14.7 Å². The molecule has 2 saturated heterocycles. The van der Waals surface area contributed by atoms with Crippen LogP contribution in [-0.4, -0.2) is 67.4 Å². The fourth-order valence-corrected chi connectivity index (χ4v) is 4.72. The van der Waals surface area contributed by atoms with E-state index in [0.29, 0.717) is 12.0 Å². The van der Waals surface area contributed by atoms with Crippen LogP contribution in [0.4, 0.5) is 0 Å². The number of hydrogen-bond acceptors (Lipinski definition) is 4. The van der Waals surface area contributed by atoms with E-state index < -0.39 is 0 Å². The van der Waals surface area contributed by atoms with Crippen molar-refractivity contribution in [1.29, 1.82) is 0 Å². The fourth-order valence-electron chi connectivity index (χ4n) is 4.72. The van der Waals surface area contributed by atoms with Crippen LogP contribution in [0.3, 0.4) is 0 Å². The van der Waals surface area contributed by atoms with E-state index in [1.807, 2.05) is 24.3 Å². The van der Waals surface area contributed by atoms with Crippen molar-refractivity contribution in [3.05, 3.63) is 65.2 Å². The smallest absolute Gasteiger partial charge is 0.118 e. The number of ether oxygens (including phenoxy) is 1. The normalized spacial score (nSPS) is 25.0. The molecule has 2 aliphatic heterocycles. The SMILES string of the molecule is COc1ccc(C#Cc2ccc([C@H]3[C@H]4CN(C)CCCCN4[C@H]3CO)cc2)cc1. The van der Waals surface area contributed by atoms with E-state index in [1.165, 1.54) is 24.9 Å². The molecule has 0 aromatic heterocycles. The van der Waals surface area contributed by atoms with Crippen LogP contribution in [0.1, 0.15) is 35.4 Å². The summed E-state index contributed by atoms with van der Waals surface area (Å²) >= 11 is 0. The van der Waals surface area contributed by atoms with Gasteiger partial charge in [-0.15, -0.1) is 0 Å². The highest BCUT2D eigenvalue weighted by Gasteiger charge is 2.48. The van der Waals surface area contributed by atoms with Crippen LogP contribution in [0.25, 0.3) is 0 Å². The largest absolute Gasteiger partial charge is 0.497 e. The molecule has 4 rings (SSSR count). The second-order valence-electron chi connectivity index (χ2n) is 8.15. The van der Waals surface area contributed by atoms with Crippen molar-refractivity contribution >= 4 is 0 Å². The molecule has 2 heterocycles. The Kier molecular flexibility index (Phi) is 6.20. The predicted octanol–water partition coefficient (Wildman–Crippen LogP) is 2.95. The number of aliphatic hydroxyl groups excluding tert-OH is 1. The minimum atomic E-state index is 0.226. The summed E-state index contributed by atoms with van der Waals surface area (Å²) in [7, 11) is 3.88. The minimum Gasteiger partial charge on any atom is -0.497 e. The molecule has 29 heavy (non-hydrogen) atoms. The first kappa shape index (κ1) is 20.0. The number of hydrogen-bond donors (Lipinski definition) is 1. The third-order valence-electron chi connectivity index (χ3n) is 6.31. The summed E-state index contributed by atoms with van der Waals surface area (Å²) < 4.78 is 5.19. The van der Waals surface area contributed by atoms with Crippen LogP contribution < -0.4 is 4.74 Å². The van der Waals surface area contributed by atoms with Crippen molar-refractivity contribution in [2.75, 3.05) is 40.4 Å². The van der Waals surface area contributed by atoms with Gasteiger partial charge in [0.25, 0.3) is 0 Å². The Bertz CT molecular complexity index is 866. The molecule has 0 spiro atoms. The molecule has 3 atom stereocenters. The first-order chi connectivity index (χ1) is 14.2. The topological polar surface area (TPSA) is 35.9 Å². The van der Waals surface area contributed by atoms with Gasteiger partial charge in [-0.3, -0.25) is 4.90 Å². The number of nitrogens with zero attached hydrogens (tertiary/aromatic N) is 2. The van der Waals surface area contributed by atoms with Gasteiger partial charge in [-0.05, 0) is 74.9 Å². The van der Waals surface area contributed by atoms with E-state index in [1.54, 1.807) is 7.11 Å². The Morgan fingerprint density at radius 3 is 2.21 bits per heavy atom. The summed E-state index contributed by atoms with van der Waals surface area (Å²) in [5.74, 6) is 7.70. The minimum absolute atomic E-state index is 0.226. The van der Waals surface area contributed by atoms with E-state index in [0.717, 1.165) is 30.0 Å². The van der Waals surface area contributed by atoms with Gasteiger partial charge in [-0.1, -0.05) is 24.0 Å². The first-order valence-electron chi connectivity index (χ1n) is 10.5. The maximum absolute atomic E-state index is 10.0. The molecule has 2 aliphatic rings. The number of benzene rings is 2. The summed E-state index contributed by atoms with van der Waals surface area (Å²) in [6.07, 6.45) is 2.45. The standard InChI is InChI=1S/C25H30N2O2/c1-26-15-3-4-16-27-23(17-26)25(24(27)18-28)21-11-7-19(8-12-21)5-6-20-9-13-22(29-2)14-10-20/h7-14,23-25,28H,3-4,15-18H2,1-2H3/t23-,24+,25+/m1/s1.